The molecular formula is C33H42N4O2. The molecule has 2 amide bonds. The van der Waals surface area contributed by atoms with Crippen molar-refractivity contribution in [3.63, 3.8) is 0 Å². The molecule has 0 saturated heterocycles. The molecule has 0 spiro atoms. The summed E-state index contributed by atoms with van der Waals surface area (Å²) < 4.78 is 0. The van der Waals surface area contributed by atoms with Gasteiger partial charge in [-0.2, -0.15) is 0 Å². The Kier molecular flexibility index (Phi) is 8.55. The van der Waals surface area contributed by atoms with Crippen molar-refractivity contribution in [2.24, 2.45) is 17.1 Å². The molecule has 6 heteroatoms. The number of rotatable bonds is 7. The molecular weight excluding hydrogens is 484 g/mol. The van der Waals surface area contributed by atoms with E-state index in [4.69, 9.17) is 5.73 Å². The summed E-state index contributed by atoms with van der Waals surface area (Å²) in [5.41, 5.74) is 10.7. The molecule has 1 fully saturated rings. The first-order valence-electron chi connectivity index (χ1n) is 14.0. The third kappa shape index (κ3) is 7.54. The first-order chi connectivity index (χ1) is 18.4. The van der Waals surface area contributed by atoms with Gasteiger partial charge in [-0.15, -0.1) is 0 Å². The van der Waals surface area contributed by atoms with Crippen LogP contribution in [0.25, 0.3) is 22.3 Å². The highest BCUT2D eigenvalue weighted by molar-refractivity contribution is 5.92. The Bertz CT molecular complexity index is 1280. The minimum atomic E-state index is -0.410. The number of hydrogen-bond donors (Lipinski definition) is 3. The van der Waals surface area contributed by atoms with Crippen molar-refractivity contribution >= 4 is 17.6 Å². The summed E-state index contributed by atoms with van der Waals surface area (Å²) in [6, 6.07) is 20.6. The zero-order chi connectivity index (χ0) is 28.2. The number of carbonyl (C=O) groups is 2. The molecule has 1 heterocycles. The molecule has 3 aromatic rings. The quantitative estimate of drug-likeness (QED) is 0.321. The van der Waals surface area contributed by atoms with Gasteiger partial charge in [-0.25, -0.2) is 4.98 Å². The van der Waals surface area contributed by atoms with Crippen LogP contribution in [0.1, 0.15) is 72.3 Å². The van der Waals surface area contributed by atoms with E-state index in [1.807, 2.05) is 65.1 Å². The van der Waals surface area contributed by atoms with Gasteiger partial charge in [-0.05, 0) is 73.8 Å². The zero-order valence-electron chi connectivity index (χ0n) is 23.9. The van der Waals surface area contributed by atoms with Crippen LogP contribution in [0.4, 0.5) is 5.82 Å². The average molecular weight is 527 g/mol. The predicted octanol–water partition coefficient (Wildman–Crippen LogP) is 6.66. The topological polar surface area (TPSA) is 97.1 Å². The van der Waals surface area contributed by atoms with Gasteiger partial charge in [-0.1, -0.05) is 75.4 Å². The SMILES string of the molecule is CC(C)(C)C(=O)NC1CCC(CC(=O)Nc2cc(-c3ccccc3)c(-c3ccc(C(C)(C)N)cc3)cn2)CC1. The van der Waals surface area contributed by atoms with Gasteiger partial charge in [0.05, 0.1) is 0 Å². The van der Waals surface area contributed by atoms with Gasteiger partial charge in [0.15, 0.2) is 0 Å². The number of hydrogen-bond acceptors (Lipinski definition) is 4. The van der Waals surface area contributed by atoms with Crippen molar-refractivity contribution in [1.29, 1.82) is 0 Å². The number of aromatic nitrogens is 1. The van der Waals surface area contributed by atoms with Crippen LogP contribution in [0.3, 0.4) is 0 Å². The first-order valence-corrected chi connectivity index (χ1v) is 14.0. The normalized spacial score (nSPS) is 17.9. The molecule has 2 aromatic carbocycles. The minimum absolute atomic E-state index is 0.0223. The lowest BCUT2D eigenvalue weighted by Crippen LogP contribution is -2.43. The van der Waals surface area contributed by atoms with E-state index in [-0.39, 0.29) is 23.3 Å². The van der Waals surface area contributed by atoms with E-state index < -0.39 is 5.54 Å². The Balaban J connectivity index is 1.44. The average Bonchev–Trinajstić information content (AvgIpc) is 2.89. The summed E-state index contributed by atoms with van der Waals surface area (Å²) in [6.07, 6.45) is 5.97. The van der Waals surface area contributed by atoms with Gasteiger partial charge in [0.2, 0.25) is 11.8 Å². The van der Waals surface area contributed by atoms with E-state index in [0.717, 1.165) is 53.5 Å². The van der Waals surface area contributed by atoms with Crippen molar-refractivity contribution in [2.75, 3.05) is 5.32 Å². The number of anilines is 1. The molecule has 0 unspecified atom stereocenters. The van der Waals surface area contributed by atoms with Crippen LogP contribution in [-0.2, 0) is 15.1 Å². The van der Waals surface area contributed by atoms with Crippen molar-refractivity contribution in [3.05, 3.63) is 72.4 Å². The number of benzene rings is 2. The maximum atomic E-state index is 13.0. The third-order valence-electron chi connectivity index (χ3n) is 7.53. The lowest BCUT2D eigenvalue weighted by molar-refractivity contribution is -0.129. The standard InChI is InChI=1S/C33H42N4O2/c1-32(2,3)31(39)36-26-17-11-22(12-18-26)19-30(38)37-29-20-27(23-9-7-6-8-10-23)28(21-35-29)24-13-15-25(16-14-24)33(4,5)34/h6-10,13-16,20-22,26H,11-12,17-19,34H2,1-5H3,(H,36,39)(H,35,37,38). The van der Waals surface area contributed by atoms with Crippen molar-refractivity contribution in [1.82, 2.24) is 10.3 Å². The van der Waals surface area contributed by atoms with Crippen LogP contribution >= 0.6 is 0 Å². The lowest BCUT2D eigenvalue weighted by atomic mass is 9.83. The van der Waals surface area contributed by atoms with Gasteiger partial charge >= 0.3 is 0 Å². The van der Waals surface area contributed by atoms with Crippen LogP contribution in [0.15, 0.2) is 66.9 Å². The lowest BCUT2D eigenvalue weighted by Gasteiger charge is -2.31. The second kappa shape index (κ2) is 11.7. The summed E-state index contributed by atoms with van der Waals surface area (Å²) in [7, 11) is 0. The Labute approximate surface area is 232 Å². The Morgan fingerprint density at radius 2 is 1.49 bits per heavy atom. The highest BCUT2D eigenvalue weighted by Gasteiger charge is 2.28. The summed E-state index contributed by atoms with van der Waals surface area (Å²) >= 11 is 0. The van der Waals surface area contributed by atoms with Crippen LogP contribution < -0.4 is 16.4 Å². The molecule has 4 rings (SSSR count). The van der Waals surface area contributed by atoms with Crippen LogP contribution in [-0.4, -0.2) is 22.8 Å². The maximum Gasteiger partial charge on any atom is 0.225 e. The maximum absolute atomic E-state index is 13.0. The van der Waals surface area contributed by atoms with Crippen LogP contribution in [0.5, 0.6) is 0 Å². The van der Waals surface area contributed by atoms with Crippen molar-refractivity contribution < 1.29 is 9.59 Å². The second-order valence-electron chi connectivity index (χ2n) is 12.5. The third-order valence-corrected chi connectivity index (χ3v) is 7.53. The fraction of sp³-hybridized carbons (Fsp3) is 0.424. The molecule has 1 aliphatic carbocycles. The van der Waals surface area contributed by atoms with Crippen LogP contribution in [0, 0.1) is 11.3 Å². The summed E-state index contributed by atoms with van der Waals surface area (Å²) in [5, 5.41) is 6.20. The van der Waals surface area contributed by atoms with E-state index in [9.17, 15) is 9.59 Å². The molecule has 6 nitrogen and oxygen atoms in total. The predicted molar refractivity (Wildman–Crippen MR) is 159 cm³/mol. The molecule has 0 aliphatic heterocycles. The number of nitrogens with one attached hydrogen (secondary N) is 2. The first kappa shape index (κ1) is 28.5. The number of pyridine rings is 1. The highest BCUT2D eigenvalue weighted by Crippen LogP contribution is 2.34. The minimum Gasteiger partial charge on any atom is -0.353 e. The summed E-state index contributed by atoms with van der Waals surface area (Å²) in [4.78, 5) is 29.9. The largest absolute Gasteiger partial charge is 0.353 e. The number of carbonyl (C=O) groups excluding carboxylic acids is 2. The van der Waals surface area contributed by atoms with Crippen molar-refractivity contribution in [3.8, 4) is 22.3 Å². The van der Waals surface area contributed by atoms with E-state index in [0.29, 0.717) is 18.2 Å². The molecule has 206 valence electrons. The van der Waals surface area contributed by atoms with Gasteiger partial charge in [0.1, 0.15) is 5.82 Å². The number of nitrogens with two attached hydrogens (primary N) is 1. The van der Waals surface area contributed by atoms with Gasteiger partial charge < -0.3 is 16.4 Å². The van der Waals surface area contributed by atoms with E-state index in [2.05, 4.69) is 52.0 Å². The molecule has 0 bridgehead atoms. The molecule has 1 saturated carbocycles. The summed E-state index contributed by atoms with van der Waals surface area (Å²) in [6.45, 7) is 9.78. The zero-order valence-corrected chi connectivity index (χ0v) is 23.9. The Morgan fingerprint density at radius 1 is 0.872 bits per heavy atom. The summed E-state index contributed by atoms with van der Waals surface area (Å²) in [5.74, 6) is 0.928. The molecule has 1 aromatic heterocycles. The van der Waals surface area contributed by atoms with Crippen molar-refractivity contribution in [2.45, 2.75) is 78.3 Å². The monoisotopic (exact) mass is 526 g/mol. The smallest absolute Gasteiger partial charge is 0.225 e. The van der Waals surface area contributed by atoms with Gasteiger partial charge in [-0.3, -0.25) is 9.59 Å². The van der Waals surface area contributed by atoms with Gasteiger partial charge in [0, 0.05) is 35.2 Å². The molecule has 1 aliphatic rings. The molecule has 39 heavy (non-hydrogen) atoms. The number of amides is 2. The van der Waals surface area contributed by atoms with E-state index in [1.54, 1.807) is 0 Å². The Hall–Kier alpha value is -3.51. The fourth-order valence-electron chi connectivity index (χ4n) is 5.06. The van der Waals surface area contributed by atoms with Gasteiger partial charge in [0.25, 0.3) is 0 Å². The molecule has 0 atom stereocenters. The van der Waals surface area contributed by atoms with Crippen LogP contribution in [0.2, 0.25) is 0 Å². The molecule has 0 radical (unpaired) electrons. The van der Waals surface area contributed by atoms with E-state index in [1.165, 1.54) is 0 Å². The second-order valence-corrected chi connectivity index (χ2v) is 12.5. The fourth-order valence-corrected chi connectivity index (χ4v) is 5.06. The Morgan fingerprint density at radius 3 is 2.08 bits per heavy atom. The van der Waals surface area contributed by atoms with E-state index >= 15 is 0 Å². The molecule has 4 N–H and O–H groups in total. The highest BCUT2D eigenvalue weighted by atomic mass is 16.2. The number of nitrogens with zero attached hydrogens (tertiary/aromatic N) is 1.